The Balaban J connectivity index is 1.75. The van der Waals surface area contributed by atoms with Gasteiger partial charge in [-0.25, -0.2) is 9.37 Å². The second-order valence-electron chi connectivity index (χ2n) is 4.80. The molecule has 0 aliphatic rings. The minimum absolute atomic E-state index is 0.0250. The highest BCUT2D eigenvalue weighted by Gasteiger charge is 2.32. The number of hydrogen-bond donors (Lipinski definition) is 0. The number of rotatable bonds is 4. The van der Waals surface area contributed by atoms with Crippen molar-refractivity contribution in [2.24, 2.45) is 0 Å². The summed E-state index contributed by atoms with van der Waals surface area (Å²) in [6.07, 6.45) is -3.94. The molecule has 0 aliphatic heterocycles. The molecule has 0 spiro atoms. The fraction of sp³-hybridized carbons (Fsp3) is 0.133. The quantitative estimate of drug-likeness (QED) is 0.629. The van der Waals surface area contributed by atoms with Crippen molar-refractivity contribution in [1.82, 2.24) is 15.2 Å². The number of benzene rings is 1. The van der Waals surface area contributed by atoms with E-state index >= 15 is 0 Å². The van der Waals surface area contributed by atoms with E-state index in [2.05, 4.69) is 15.2 Å². The van der Waals surface area contributed by atoms with Crippen molar-refractivity contribution in [3.05, 3.63) is 58.8 Å². The molecule has 10 heteroatoms. The van der Waals surface area contributed by atoms with Crippen molar-refractivity contribution >= 4 is 11.6 Å². The standard InChI is InChI=1S/C15H8ClF4N3O2/c16-11-4-8(15(18,19)20)6-21-13(11)14-23-22-12(25-14)7-24-10-3-1-2-9(17)5-10/h1-6H,7H2. The van der Waals surface area contributed by atoms with Crippen LogP contribution in [0.15, 0.2) is 40.9 Å². The molecule has 3 rings (SSSR count). The van der Waals surface area contributed by atoms with Gasteiger partial charge in [0.25, 0.3) is 11.8 Å². The molecule has 0 saturated heterocycles. The topological polar surface area (TPSA) is 61.0 Å². The van der Waals surface area contributed by atoms with Crippen molar-refractivity contribution < 1.29 is 26.7 Å². The SMILES string of the molecule is Fc1cccc(OCc2nnc(-c3ncc(C(F)(F)F)cc3Cl)o2)c1. The fourth-order valence-electron chi connectivity index (χ4n) is 1.86. The van der Waals surface area contributed by atoms with Gasteiger partial charge in [-0.3, -0.25) is 0 Å². The summed E-state index contributed by atoms with van der Waals surface area (Å²) in [6.45, 7) is -0.158. The maximum absolute atomic E-state index is 13.0. The first-order valence-corrected chi connectivity index (χ1v) is 7.14. The van der Waals surface area contributed by atoms with Crippen LogP contribution in [0.1, 0.15) is 11.5 Å². The third kappa shape index (κ3) is 4.05. The minimum atomic E-state index is -4.56. The van der Waals surface area contributed by atoms with Crippen LogP contribution >= 0.6 is 11.6 Å². The van der Waals surface area contributed by atoms with Gasteiger partial charge < -0.3 is 9.15 Å². The zero-order valence-electron chi connectivity index (χ0n) is 12.2. The second kappa shape index (κ2) is 6.67. The zero-order chi connectivity index (χ0) is 18.0. The van der Waals surface area contributed by atoms with E-state index in [1.54, 1.807) is 0 Å². The average molecular weight is 374 g/mol. The monoisotopic (exact) mass is 373 g/mol. The van der Waals surface area contributed by atoms with Gasteiger partial charge in [-0.05, 0) is 18.2 Å². The Morgan fingerprint density at radius 3 is 2.64 bits per heavy atom. The zero-order valence-corrected chi connectivity index (χ0v) is 13.0. The van der Waals surface area contributed by atoms with Gasteiger partial charge in [-0.2, -0.15) is 13.2 Å². The fourth-order valence-corrected chi connectivity index (χ4v) is 2.11. The van der Waals surface area contributed by atoms with Crippen molar-refractivity contribution in [3.63, 3.8) is 0 Å². The van der Waals surface area contributed by atoms with Crippen LogP contribution in [0.4, 0.5) is 17.6 Å². The third-order valence-electron chi connectivity index (χ3n) is 3.00. The van der Waals surface area contributed by atoms with Gasteiger partial charge in [0.05, 0.1) is 10.6 Å². The van der Waals surface area contributed by atoms with Crippen molar-refractivity contribution in [2.75, 3.05) is 0 Å². The summed E-state index contributed by atoms with van der Waals surface area (Å²) in [5.74, 6) is -0.344. The molecular weight excluding hydrogens is 366 g/mol. The number of halogens is 5. The van der Waals surface area contributed by atoms with Gasteiger partial charge >= 0.3 is 6.18 Å². The molecule has 0 aliphatic carbocycles. The van der Waals surface area contributed by atoms with E-state index in [0.29, 0.717) is 6.20 Å². The Morgan fingerprint density at radius 2 is 1.96 bits per heavy atom. The van der Waals surface area contributed by atoms with Crippen LogP contribution in [0, 0.1) is 5.82 Å². The molecule has 0 N–H and O–H groups in total. The lowest BCUT2D eigenvalue weighted by molar-refractivity contribution is -0.137. The molecule has 5 nitrogen and oxygen atoms in total. The Morgan fingerprint density at radius 1 is 1.16 bits per heavy atom. The molecule has 0 radical (unpaired) electrons. The van der Waals surface area contributed by atoms with Crippen LogP contribution in [0.25, 0.3) is 11.6 Å². The lowest BCUT2D eigenvalue weighted by Gasteiger charge is -2.07. The first-order chi connectivity index (χ1) is 11.8. The van der Waals surface area contributed by atoms with Crippen LogP contribution in [0.2, 0.25) is 5.02 Å². The first-order valence-electron chi connectivity index (χ1n) is 6.77. The molecule has 0 atom stereocenters. The number of pyridine rings is 1. The molecule has 0 unspecified atom stereocenters. The van der Waals surface area contributed by atoms with Crippen LogP contribution < -0.4 is 4.74 Å². The van der Waals surface area contributed by atoms with Crippen LogP contribution in [0.5, 0.6) is 5.75 Å². The molecule has 0 bridgehead atoms. The molecule has 1 aromatic carbocycles. The maximum Gasteiger partial charge on any atom is 0.417 e. The highest BCUT2D eigenvalue weighted by Crippen LogP contribution is 2.33. The van der Waals surface area contributed by atoms with E-state index in [4.69, 9.17) is 20.8 Å². The summed E-state index contributed by atoms with van der Waals surface area (Å²) in [6, 6.07) is 6.16. The van der Waals surface area contributed by atoms with Crippen LogP contribution in [-0.2, 0) is 12.8 Å². The van der Waals surface area contributed by atoms with Gasteiger partial charge in [0.1, 0.15) is 17.3 Å². The van der Waals surface area contributed by atoms with Crippen molar-refractivity contribution in [3.8, 4) is 17.3 Å². The second-order valence-corrected chi connectivity index (χ2v) is 5.21. The molecule has 25 heavy (non-hydrogen) atoms. The summed E-state index contributed by atoms with van der Waals surface area (Å²) >= 11 is 5.81. The van der Waals surface area contributed by atoms with Crippen molar-refractivity contribution in [1.29, 1.82) is 0 Å². The number of hydrogen-bond acceptors (Lipinski definition) is 5. The van der Waals surface area contributed by atoms with E-state index in [1.165, 1.54) is 24.3 Å². The van der Waals surface area contributed by atoms with E-state index in [1.807, 2.05) is 0 Å². The summed E-state index contributed by atoms with van der Waals surface area (Å²) in [5.41, 5.74) is -1.07. The number of ether oxygens (including phenoxy) is 1. The molecule has 130 valence electrons. The Hall–Kier alpha value is -2.68. The normalized spacial score (nSPS) is 11.6. The molecule has 0 fully saturated rings. The predicted octanol–water partition coefficient (Wildman–Crippen LogP) is 4.52. The minimum Gasteiger partial charge on any atom is -0.484 e. The Labute approximate surface area is 143 Å². The first kappa shape index (κ1) is 17.2. The van der Waals surface area contributed by atoms with Crippen LogP contribution in [-0.4, -0.2) is 15.2 Å². The molecule has 2 aromatic heterocycles. The highest BCUT2D eigenvalue weighted by molar-refractivity contribution is 6.32. The Bertz CT molecular complexity index is 898. The summed E-state index contributed by atoms with van der Waals surface area (Å²) < 4.78 is 61.4. The average Bonchev–Trinajstić information content (AvgIpc) is 3.01. The molecule has 2 heterocycles. The molecular formula is C15H8ClF4N3O2. The number of aromatic nitrogens is 3. The molecule has 0 amide bonds. The van der Waals surface area contributed by atoms with E-state index in [0.717, 1.165) is 6.07 Å². The summed E-state index contributed by atoms with van der Waals surface area (Å²) in [5, 5.41) is 7.07. The summed E-state index contributed by atoms with van der Waals surface area (Å²) in [4.78, 5) is 3.62. The smallest absolute Gasteiger partial charge is 0.417 e. The van der Waals surface area contributed by atoms with Crippen LogP contribution in [0.3, 0.4) is 0 Å². The largest absolute Gasteiger partial charge is 0.484 e. The molecule has 0 saturated carbocycles. The maximum atomic E-state index is 13.0. The summed E-state index contributed by atoms with van der Waals surface area (Å²) in [7, 11) is 0. The van der Waals surface area contributed by atoms with Gasteiger partial charge in [-0.15, -0.1) is 10.2 Å². The van der Waals surface area contributed by atoms with E-state index in [-0.39, 0.29) is 34.9 Å². The lowest BCUT2D eigenvalue weighted by atomic mass is 10.2. The van der Waals surface area contributed by atoms with Gasteiger partial charge in [0.15, 0.2) is 6.61 Å². The molecule has 3 aromatic rings. The van der Waals surface area contributed by atoms with E-state index < -0.39 is 17.6 Å². The van der Waals surface area contributed by atoms with Gasteiger partial charge in [0, 0.05) is 12.3 Å². The number of alkyl halides is 3. The third-order valence-corrected chi connectivity index (χ3v) is 3.28. The Kier molecular flexibility index (Phi) is 4.58. The predicted molar refractivity (Wildman–Crippen MR) is 78.3 cm³/mol. The van der Waals surface area contributed by atoms with Gasteiger partial charge in [0.2, 0.25) is 0 Å². The lowest BCUT2D eigenvalue weighted by Crippen LogP contribution is -2.05. The number of nitrogens with zero attached hydrogens (tertiary/aromatic N) is 3. The van der Waals surface area contributed by atoms with E-state index in [9.17, 15) is 17.6 Å². The highest BCUT2D eigenvalue weighted by atomic mass is 35.5. The van der Waals surface area contributed by atoms with Crippen molar-refractivity contribution in [2.45, 2.75) is 12.8 Å². The van der Waals surface area contributed by atoms with Gasteiger partial charge in [-0.1, -0.05) is 17.7 Å².